The van der Waals surface area contributed by atoms with E-state index in [1.807, 2.05) is 33.9 Å². The summed E-state index contributed by atoms with van der Waals surface area (Å²) in [6.07, 6.45) is 11.2. The van der Waals surface area contributed by atoms with E-state index in [0.717, 1.165) is 44.2 Å². The van der Waals surface area contributed by atoms with Crippen molar-refractivity contribution >= 4 is 16.7 Å². The van der Waals surface area contributed by atoms with Crippen LogP contribution in [-0.2, 0) is 17.9 Å². The number of aryl methyl sites for hydroxylation is 1. The molecule has 1 aliphatic heterocycles. The predicted molar refractivity (Wildman–Crippen MR) is 102 cm³/mol. The van der Waals surface area contributed by atoms with Crippen molar-refractivity contribution in [1.82, 2.24) is 24.2 Å². The normalized spacial score (nSPS) is 17.3. The van der Waals surface area contributed by atoms with Crippen molar-refractivity contribution in [3.05, 3.63) is 59.5 Å². The fourth-order valence-corrected chi connectivity index (χ4v) is 3.81. The van der Waals surface area contributed by atoms with E-state index in [2.05, 4.69) is 10.1 Å². The molecule has 0 N–H and O–H groups in total. The third-order valence-corrected chi connectivity index (χ3v) is 5.27. The number of fused-ring (bicyclic) bond motifs is 1. The minimum atomic E-state index is -0.214. The van der Waals surface area contributed by atoms with Crippen molar-refractivity contribution in [3.8, 4) is 0 Å². The quantitative estimate of drug-likeness (QED) is 0.694. The second-order valence-corrected chi connectivity index (χ2v) is 7.02. The number of aromatic nitrogens is 4. The van der Waals surface area contributed by atoms with Gasteiger partial charge in [-0.1, -0.05) is 18.2 Å². The highest BCUT2D eigenvalue weighted by Gasteiger charge is 2.27. The Labute approximate surface area is 157 Å². The van der Waals surface area contributed by atoms with Crippen molar-refractivity contribution in [2.24, 2.45) is 0 Å². The van der Waals surface area contributed by atoms with E-state index in [9.17, 15) is 9.59 Å². The Morgan fingerprint density at radius 3 is 2.96 bits per heavy atom. The molecule has 3 heterocycles. The van der Waals surface area contributed by atoms with E-state index < -0.39 is 0 Å². The lowest BCUT2D eigenvalue weighted by Gasteiger charge is -2.36. The van der Waals surface area contributed by atoms with Gasteiger partial charge >= 0.3 is 0 Å². The van der Waals surface area contributed by atoms with Gasteiger partial charge in [-0.3, -0.25) is 9.59 Å². The topological polar surface area (TPSA) is 73.0 Å². The average molecular weight is 365 g/mol. The number of likely N-dealkylation sites (tertiary alicyclic amines) is 1. The second-order valence-electron chi connectivity index (χ2n) is 7.02. The molecule has 0 bridgehead atoms. The molecule has 1 aliphatic rings. The molecule has 7 nitrogen and oxygen atoms in total. The lowest BCUT2D eigenvalue weighted by Crippen LogP contribution is -2.46. The summed E-state index contributed by atoms with van der Waals surface area (Å²) < 4.78 is 3.32. The van der Waals surface area contributed by atoms with Crippen molar-refractivity contribution in [2.45, 2.75) is 44.8 Å². The molecule has 1 saturated heterocycles. The van der Waals surface area contributed by atoms with Crippen LogP contribution >= 0.6 is 0 Å². The smallest absolute Gasteiger partial charge is 0.275 e. The standard InChI is InChI=1S/C20H23N5O2/c26-19(14-25-20(27)18-7-2-1-5-16(18)13-22-25)24-10-4-3-6-17(24)8-11-23-12-9-21-15-23/h1-2,5,7,9,12-13,15,17H,3-4,6,8,10-11,14H2/t17-/m1/s1. The van der Waals surface area contributed by atoms with E-state index in [1.165, 1.54) is 4.68 Å². The van der Waals surface area contributed by atoms with Crippen LogP contribution in [0.25, 0.3) is 10.8 Å². The number of nitrogens with zero attached hydrogens (tertiary/aromatic N) is 5. The zero-order valence-corrected chi connectivity index (χ0v) is 15.2. The SMILES string of the molecule is O=C(Cn1ncc2ccccc2c1=O)N1CCCC[C@@H]1CCn1ccnc1. The van der Waals surface area contributed by atoms with Crippen LogP contribution in [0.2, 0.25) is 0 Å². The predicted octanol–water partition coefficient (Wildman–Crippen LogP) is 2.06. The molecule has 0 spiro atoms. The molecule has 140 valence electrons. The molecule has 2 aromatic heterocycles. The lowest BCUT2D eigenvalue weighted by atomic mass is 9.99. The van der Waals surface area contributed by atoms with Gasteiger partial charge in [-0.25, -0.2) is 9.67 Å². The maximum Gasteiger partial charge on any atom is 0.275 e. The van der Waals surface area contributed by atoms with Crippen LogP contribution in [0.1, 0.15) is 25.7 Å². The first-order chi connectivity index (χ1) is 13.2. The Balaban J connectivity index is 1.48. The molecule has 0 saturated carbocycles. The van der Waals surface area contributed by atoms with E-state index in [0.29, 0.717) is 5.39 Å². The van der Waals surface area contributed by atoms with Gasteiger partial charge in [-0.15, -0.1) is 0 Å². The summed E-state index contributed by atoms with van der Waals surface area (Å²) in [6, 6.07) is 7.52. The van der Waals surface area contributed by atoms with Gasteiger partial charge in [0.25, 0.3) is 5.56 Å². The lowest BCUT2D eigenvalue weighted by molar-refractivity contribution is -0.136. The third-order valence-electron chi connectivity index (χ3n) is 5.27. The van der Waals surface area contributed by atoms with Gasteiger partial charge in [-0.05, 0) is 31.7 Å². The molecule has 7 heteroatoms. The molecular weight excluding hydrogens is 342 g/mol. The number of hydrogen-bond donors (Lipinski definition) is 0. The summed E-state index contributed by atoms with van der Waals surface area (Å²) in [5.41, 5.74) is -0.214. The Morgan fingerprint density at radius 1 is 1.22 bits per heavy atom. The van der Waals surface area contributed by atoms with Gasteiger partial charge in [0.15, 0.2) is 0 Å². The maximum absolute atomic E-state index is 12.9. The van der Waals surface area contributed by atoms with Gasteiger partial charge in [0.05, 0.1) is 17.9 Å². The number of hydrogen-bond acceptors (Lipinski definition) is 4. The van der Waals surface area contributed by atoms with Crippen LogP contribution in [-0.4, -0.2) is 42.7 Å². The van der Waals surface area contributed by atoms with Crippen molar-refractivity contribution in [1.29, 1.82) is 0 Å². The summed E-state index contributed by atoms with van der Waals surface area (Å²) in [7, 11) is 0. The Hall–Kier alpha value is -2.96. The number of imidazole rings is 1. The van der Waals surface area contributed by atoms with Crippen molar-refractivity contribution in [3.63, 3.8) is 0 Å². The first-order valence-corrected chi connectivity index (χ1v) is 9.42. The first-order valence-electron chi connectivity index (χ1n) is 9.42. The molecule has 27 heavy (non-hydrogen) atoms. The number of piperidine rings is 1. The zero-order valence-electron chi connectivity index (χ0n) is 15.2. The number of rotatable bonds is 5. The van der Waals surface area contributed by atoms with Gasteiger partial charge in [-0.2, -0.15) is 5.10 Å². The van der Waals surface area contributed by atoms with Crippen LogP contribution < -0.4 is 5.56 Å². The molecule has 1 fully saturated rings. The van der Waals surface area contributed by atoms with Crippen LogP contribution in [0.3, 0.4) is 0 Å². The molecule has 0 unspecified atom stereocenters. The van der Waals surface area contributed by atoms with Gasteiger partial charge in [0.1, 0.15) is 6.54 Å². The summed E-state index contributed by atoms with van der Waals surface area (Å²) >= 11 is 0. The monoisotopic (exact) mass is 365 g/mol. The molecule has 1 atom stereocenters. The summed E-state index contributed by atoms with van der Waals surface area (Å²) in [4.78, 5) is 31.6. The Morgan fingerprint density at radius 2 is 2.11 bits per heavy atom. The number of benzene rings is 1. The fourth-order valence-electron chi connectivity index (χ4n) is 3.81. The Kier molecular flexibility index (Phi) is 5.00. The molecule has 1 amide bonds. The average Bonchev–Trinajstić information content (AvgIpc) is 3.22. The largest absolute Gasteiger partial charge is 0.338 e. The number of carbonyl (C=O) groups excluding carboxylic acids is 1. The highest BCUT2D eigenvalue weighted by Crippen LogP contribution is 2.21. The van der Waals surface area contributed by atoms with E-state index in [-0.39, 0.29) is 24.1 Å². The molecule has 1 aromatic carbocycles. The molecule has 3 aromatic rings. The van der Waals surface area contributed by atoms with Gasteiger partial charge < -0.3 is 9.47 Å². The molecular formula is C20H23N5O2. The highest BCUT2D eigenvalue weighted by atomic mass is 16.2. The number of amides is 1. The first kappa shape index (κ1) is 17.5. The maximum atomic E-state index is 12.9. The van der Waals surface area contributed by atoms with E-state index >= 15 is 0 Å². The summed E-state index contributed by atoms with van der Waals surface area (Å²) in [5.74, 6) is -0.0322. The fraction of sp³-hybridized carbons (Fsp3) is 0.400. The minimum Gasteiger partial charge on any atom is -0.338 e. The van der Waals surface area contributed by atoms with Crippen LogP contribution in [0.4, 0.5) is 0 Å². The molecule has 0 aliphatic carbocycles. The van der Waals surface area contributed by atoms with Crippen LogP contribution in [0, 0.1) is 0 Å². The minimum absolute atomic E-state index is 0.00869. The van der Waals surface area contributed by atoms with Crippen LogP contribution in [0.15, 0.2) is 54.0 Å². The van der Waals surface area contributed by atoms with E-state index in [4.69, 9.17) is 0 Å². The molecule has 4 rings (SSSR count). The van der Waals surface area contributed by atoms with Crippen molar-refractivity contribution < 1.29 is 4.79 Å². The third kappa shape index (κ3) is 3.77. The summed E-state index contributed by atoms with van der Waals surface area (Å²) in [6.45, 7) is 1.57. The molecule has 0 radical (unpaired) electrons. The zero-order chi connectivity index (χ0) is 18.6. The van der Waals surface area contributed by atoms with Crippen molar-refractivity contribution in [2.75, 3.05) is 6.54 Å². The van der Waals surface area contributed by atoms with E-state index in [1.54, 1.807) is 24.8 Å². The number of carbonyl (C=O) groups is 1. The second kappa shape index (κ2) is 7.73. The van der Waals surface area contributed by atoms with Gasteiger partial charge in [0, 0.05) is 36.9 Å². The van der Waals surface area contributed by atoms with Crippen LogP contribution in [0.5, 0.6) is 0 Å². The summed E-state index contributed by atoms with van der Waals surface area (Å²) in [5, 5.41) is 5.58. The van der Waals surface area contributed by atoms with Gasteiger partial charge in [0.2, 0.25) is 5.91 Å². The Bertz CT molecular complexity index is 979. The highest BCUT2D eigenvalue weighted by molar-refractivity contribution is 5.81.